The lowest BCUT2D eigenvalue weighted by molar-refractivity contribution is -0.137. The van der Waals surface area contributed by atoms with Crippen LogP contribution in [0.2, 0.25) is 0 Å². The van der Waals surface area contributed by atoms with Crippen molar-refractivity contribution in [2.45, 2.75) is 38.2 Å². The van der Waals surface area contributed by atoms with E-state index in [1.807, 2.05) is 6.92 Å². The average molecular weight is 414 g/mol. The number of aryl methyl sites for hydroxylation is 1. The second kappa shape index (κ2) is 8.04. The SMILES string of the molecule is Cc1cc(CNS(=O)(=O)Cc2ccc(C(F)(F)F)cc2)nc(N2CCCC2)n1. The maximum atomic E-state index is 12.6. The van der Waals surface area contributed by atoms with Crippen molar-refractivity contribution >= 4 is 16.0 Å². The number of sulfonamides is 1. The molecule has 0 amide bonds. The van der Waals surface area contributed by atoms with Gasteiger partial charge in [0.25, 0.3) is 0 Å². The molecule has 0 radical (unpaired) electrons. The number of aromatic nitrogens is 2. The van der Waals surface area contributed by atoms with Crippen LogP contribution in [0.5, 0.6) is 0 Å². The van der Waals surface area contributed by atoms with Gasteiger partial charge < -0.3 is 4.90 Å². The van der Waals surface area contributed by atoms with Crippen LogP contribution in [0.1, 0.15) is 35.4 Å². The van der Waals surface area contributed by atoms with Crippen molar-refractivity contribution < 1.29 is 21.6 Å². The van der Waals surface area contributed by atoms with E-state index in [0.29, 0.717) is 11.6 Å². The minimum Gasteiger partial charge on any atom is -0.341 e. The van der Waals surface area contributed by atoms with Gasteiger partial charge in [-0.25, -0.2) is 23.1 Å². The molecular weight excluding hydrogens is 393 g/mol. The fourth-order valence-corrected chi connectivity index (χ4v) is 4.11. The van der Waals surface area contributed by atoms with Crippen molar-refractivity contribution in [1.29, 1.82) is 0 Å². The van der Waals surface area contributed by atoms with Gasteiger partial charge in [0.2, 0.25) is 16.0 Å². The normalized spacial score (nSPS) is 15.2. The summed E-state index contributed by atoms with van der Waals surface area (Å²) in [5.74, 6) is 0.184. The molecule has 0 bridgehead atoms. The molecule has 2 heterocycles. The van der Waals surface area contributed by atoms with Gasteiger partial charge in [-0.1, -0.05) is 12.1 Å². The second-order valence-electron chi connectivity index (χ2n) is 6.77. The Morgan fingerprint density at radius 3 is 2.36 bits per heavy atom. The molecule has 1 fully saturated rings. The first-order chi connectivity index (χ1) is 13.1. The van der Waals surface area contributed by atoms with Gasteiger partial charge in [0.15, 0.2) is 0 Å². The lowest BCUT2D eigenvalue weighted by Gasteiger charge is -2.16. The maximum Gasteiger partial charge on any atom is 0.416 e. The molecule has 1 saturated heterocycles. The predicted octanol–water partition coefficient (Wildman–Crippen LogP) is 3.02. The summed E-state index contributed by atoms with van der Waals surface area (Å²) in [4.78, 5) is 10.9. The molecule has 1 aromatic carbocycles. The Morgan fingerprint density at radius 2 is 1.75 bits per heavy atom. The standard InChI is InChI=1S/C18H21F3N4O2S/c1-13-10-16(24-17(23-13)25-8-2-3-9-25)11-22-28(26,27)12-14-4-6-15(7-5-14)18(19,20)21/h4-7,10,22H,2-3,8-9,11-12H2,1H3. The Kier molecular flexibility index (Phi) is 5.90. The largest absolute Gasteiger partial charge is 0.416 e. The molecule has 3 rings (SSSR count). The molecule has 0 aliphatic carbocycles. The van der Waals surface area contributed by atoms with Crippen LogP contribution in [0.4, 0.5) is 19.1 Å². The lowest BCUT2D eigenvalue weighted by Crippen LogP contribution is -2.26. The highest BCUT2D eigenvalue weighted by atomic mass is 32.2. The van der Waals surface area contributed by atoms with Gasteiger partial charge in [-0.2, -0.15) is 13.2 Å². The number of rotatable bonds is 6. The van der Waals surface area contributed by atoms with Crippen molar-refractivity contribution in [1.82, 2.24) is 14.7 Å². The van der Waals surface area contributed by atoms with Crippen LogP contribution >= 0.6 is 0 Å². The number of nitrogens with zero attached hydrogens (tertiary/aromatic N) is 3. The zero-order chi connectivity index (χ0) is 20.4. The fourth-order valence-electron chi connectivity index (χ4n) is 3.01. The quantitative estimate of drug-likeness (QED) is 0.787. The highest BCUT2D eigenvalue weighted by Crippen LogP contribution is 2.29. The van der Waals surface area contributed by atoms with Gasteiger partial charge in [0.05, 0.1) is 23.6 Å². The molecule has 0 spiro atoms. The van der Waals surface area contributed by atoms with Gasteiger partial charge in [-0.05, 0) is 43.5 Å². The van der Waals surface area contributed by atoms with E-state index in [1.165, 1.54) is 12.1 Å². The molecule has 1 aromatic heterocycles. The number of halogens is 3. The highest BCUT2D eigenvalue weighted by Gasteiger charge is 2.30. The Hall–Kier alpha value is -2.20. The zero-order valence-electron chi connectivity index (χ0n) is 15.3. The van der Waals surface area contributed by atoms with Crippen molar-refractivity contribution in [2.75, 3.05) is 18.0 Å². The van der Waals surface area contributed by atoms with Crippen LogP contribution in [0.3, 0.4) is 0 Å². The van der Waals surface area contributed by atoms with Gasteiger partial charge in [0.1, 0.15) is 0 Å². The van der Waals surface area contributed by atoms with E-state index in [2.05, 4.69) is 19.6 Å². The average Bonchev–Trinajstić information content (AvgIpc) is 3.14. The van der Waals surface area contributed by atoms with Crippen molar-refractivity contribution in [3.05, 3.63) is 52.8 Å². The predicted molar refractivity (Wildman–Crippen MR) is 99.1 cm³/mol. The van der Waals surface area contributed by atoms with E-state index in [4.69, 9.17) is 0 Å². The molecule has 2 aromatic rings. The van der Waals surface area contributed by atoms with Crippen LogP contribution in [-0.2, 0) is 28.5 Å². The molecule has 28 heavy (non-hydrogen) atoms. The highest BCUT2D eigenvalue weighted by molar-refractivity contribution is 7.88. The number of alkyl halides is 3. The second-order valence-corrected chi connectivity index (χ2v) is 8.58. The number of benzene rings is 1. The summed E-state index contributed by atoms with van der Waals surface area (Å²) in [6, 6.07) is 5.80. The zero-order valence-corrected chi connectivity index (χ0v) is 16.1. The summed E-state index contributed by atoms with van der Waals surface area (Å²) in [7, 11) is -3.73. The molecular formula is C18H21F3N4O2S. The Morgan fingerprint density at radius 1 is 1.11 bits per heavy atom. The third kappa shape index (κ3) is 5.41. The minimum absolute atomic E-state index is 0.00678. The first-order valence-corrected chi connectivity index (χ1v) is 10.5. The van der Waals surface area contributed by atoms with Crippen LogP contribution in [-0.4, -0.2) is 31.5 Å². The smallest absolute Gasteiger partial charge is 0.341 e. The summed E-state index contributed by atoms with van der Waals surface area (Å²) in [5, 5.41) is 0. The van der Waals surface area contributed by atoms with E-state index >= 15 is 0 Å². The molecule has 0 saturated carbocycles. The Labute approximate surface area is 161 Å². The molecule has 10 heteroatoms. The van der Waals surface area contributed by atoms with Gasteiger partial charge in [-0.3, -0.25) is 0 Å². The fraction of sp³-hybridized carbons (Fsp3) is 0.444. The van der Waals surface area contributed by atoms with E-state index in [0.717, 1.165) is 43.8 Å². The molecule has 0 atom stereocenters. The summed E-state index contributed by atoms with van der Waals surface area (Å²) < 4.78 is 64.8. The minimum atomic E-state index is -4.45. The van der Waals surface area contributed by atoms with Crippen LogP contribution in [0.25, 0.3) is 0 Å². The molecule has 6 nitrogen and oxygen atoms in total. The summed E-state index contributed by atoms with van der Waals surface area (Å²) >= 11 is 0. The Balaban J connectivity index is 1.65. The molecule has 1 N–H and O–H groups in total. The van der Waals surface area contributed by atoms with Gasteiger partial charge in [-0.15, -0.1) is 0 Å². The van der Waals surface area contributed by atoms with E-state index in [1.54, 1.807) is 6.07 Å². The van der Waals surface area contributed by atoms with Crippen LogP contribution < -0.4 is 9.62 Å². The number of hydrogen-bond donors (Lipinski definition) is 1. The van der Waals surface area contributed by atoms with E-state index in [9.17, 15) is 21.6 Å². The third-order valence-corrected chi connectivity index (χ3v) is 5.69. The van der Waals surface area contributed by atoms with Crippen molar-refractivity contribution in [3.8, 4) is 0 Å². The Bertz CT molecular complexity index is 925. The first-order valence-electron chi connectivity index (χ1n) is 8.85. The third-order valence-electron chi connectivity index (χ3n) is 4.40. The van der Waals surface area contributed by atoms with Crippen LogP contribution in [0, 0.1) is 6.92 Å². The molecule has 0 unspecified atom stereocenters. The van der Waals surface area contributed by atoms with E-state index < -0.39 is 27.5 Å². The number of anilines is 1. The number of hydrogen-bond acceptors (Lipinski definition) is 5. The van der Waals surface area contributed by atoms with Crippen molar-refractivity contribution in [3.63, 3.8) is 0 Å². The monoisotopic (exact) mass is 414 g/mol. The molecule has 1 aliphatic heterocycles. The lowest BCUT2D eigenvalue weighted by atomic mass is 10.1. The molecule has 1 aliphatic rings. The topological polar surface area (TPSA) is 75.2 Å². The summed E-state index contributed by atoms with van der Waals surface area (Å²) in [5.41, 5.74) is 0.754. The van der Waals surface area contributed by atoms with Gasteiger partial charge in [0, 0.05) is 18.8 Å². The van der Waals surface area contributed by atoms with Gasteiger partial charge >= 0.3 is 6.18 Å². The van der Waals surface area contributed by atoms with E-state index in [-0.39, 0.29) is 12.1 Å². The first kappa shape index (κ1) is 20.5. The van der Waals surface area contributed by atoms with Crippen LogP contribution in [0.15, 0.2) is 30.3 Å². The summed E-state index contributed by atoms with van der Waals surface area (Å²) in [6.45, 7) is 3.57. The number of nitrogens with one attached hydrogen (secondary N) is 1. The maximum absolute atomic E-state index is 12.6. The molecule has 152 valence electrons. The van der Waals surface area contributed by atoms with Crippen molar-refractivity contribution in [2.24, 2.45) is 0 Å². The summed E-state index contributed by atoms with van der Waals surface area (Å²) in [6.07, 6.45) is -2.30.